The summed E-state index contributed by atoms with van der Waals surface area (Å²) >= 11 is 0. The van der Waals surface area contributed by atoms with Crippen LogP contribution in [0.5, 0.6) is 0 Å². The van der Waals surface area contributed by atoms with E-state index in [2.05, 4.69) is 15.3 Å². The number of piperidine rings is 1. The molecule has 3 N–H and O–H groups in total. The number of carbonyl (C=O) groups excluding carboxylic acids is 1. The molecule has 0 radical (unpaired) electrons. The minimum Gasteiger partial charge on any atom is -0.384 e. The molecule has 1 fully saturated rings. The summed E-state index contributed by atoms with van der Waals surface area (Å²) in [5.74, 6) is 1.51. The molecule has 20 heavy (non-hydrogen) atoms. The van der Waals surface area contributed by atoms with Crippen LogP contribution >= 0.6 is 0 Å². The van der Waals surface area contributed by atoms with Crippen LogP contribution in [0.2, 0.25) is 0 Å². The molecule has 0 unspecified atom stereocenters. The van der Waals surface area contributed by atoms with Crippen molar-refractivity contribution in [1.29, 1.82) is 0 Å². The van der Waals surface area contributed by atoms with E-state index in [1.54, 1.807) is 13.2 Å². The molecule has 2 heterocycles. The fraction of sp³-hybridized carbons (Fsp3) is 0.615. The summed E-state index contributed by atoms with van der Waals surface area (Å²) in [6.45, 7) is 2.21. The quantitative estimate of drug-likeness (QED) is 0.821. The first-order valence-electron chi connectivity index (χ1n) is 6.83. The normalized spacial score (nSPS) is 15.2. The Balaban J connectivity index is 1.90. The Labute approximate surface area is 118 Å². The molecule has 0 aromatic carbocycles. The van der Waals surface area contributed by atoms with Gasteiger partial charge < -0.3 is 20.7 Å². The van der Waals surface area contributed by atoms with Crippen LogP contribution in [-0.4, -0.2) is 47.5 Å². The number of likely N-dealkylation sites (tertiary alicyclic amines) is 1. The first-order valence-corrected chi connectivity index (χ1v) is 6.83. The molecule has 0 saturated carbocycles. The molecule has 1 aromatic rings. The Bertz CT molecular complexity index is 460. The summed E-state index contributed by atoms with van der Waals surface area (Å²) in [7, 11) is 1.57. The minimum atomic E-state index is 0.0928. The number of ether oxygens (including phenoxy) is 1. The summed E-state index contributed by atoms with van der Waals surface area (Å²) < 4.78 is 4.98. The molecule has 1 aliphatic rings. The smallest absolute Gasteiger partial charge is 0.241 e. The zero-order valence-corrected chi connectivity index (χ0v) is 11.8. The van der Waals surface area contributed by atoms with Crippen LogP contribution in [0.25, 0.3) is 0 Å². The van der Waals surface area contributed by atoms with Gasteiger partial charge in [-0.25, -0.2) is 9.97 Å². The van der Waals surface area contributed by atoms with E-state index in [9.17, 15) is 4.79 Å². The number of nitrogen functional groups attached to an aromatic ring is 1. The molecular weight excluding hydrogens is 258 g/mol. The van der Waals surface area contributed by atoms with Gasteiger partial charge in [-0.3, -0.25) is 4.79 Å². The van der Waals surface area contributed by atoms with Crippen molar-refractivity contribution < 1.29 is 9.53 Å². The monoisotopic (exact) mass is 279 g/mol. The summed E-state index contributed by atoms with van der Waals surface area (Å²) in [5, 5.41) is 3.00. The maximum absolute atomic E-state index is 12.0. The molecule has 7 heteroatoms. The molecule has 1 aliphatic heterocycles. The number of nitrogens with zero attached hydrogens (tertiary/aromatic N) is 3. The van der Waals surface area contributed by atoms with Gasteiger partial charge in [0.15, 0.2) is 5.82 Å². The third-order valence-corrected chi connectivity index (χ3v) is 3.20. The molecule has 110 valence electrons. The van der Waals surface area contributed by atoms with E-state index in [1.165, 1.54) is 6.42 Å². The third kappa shape index (κ3) is 4.06. The van der Waals surface area contributed by atoms with Crippen molar-refractivity contribution >= 4 is 17.5 Å². The van der Waals surface area contributed by atoms with Crippen molar-refractivity contribution in [3.63, 3.8) is 0 Å². The lowest BCUT2D eigenvalue weighted by Gasteiger charge is -2.26. The lowest BCUT2D eigenvalue weighted by atomic mass is 10.1. The average Bonchev–Trinajstić information content (AvgIpc) is 2.45. The van der Waals surface area contributed by atoms with Gasteiger partial charge in [-0.1, -0.05) is 0 Å². The van der Waals surface area contributed by atoms with Crippen LogP contribution in [0.4, 0.5) is 11.6 Å². The summed E-state index contributed by atoms with van der Waals surface area (Å²) in [6, 6.07) is 1.61. The lowest BCUT2D eigenvalue weighted by Crippen LogP contribution is -2.39. The Morgan fingerprint density at radius 2 is 2.15 bits per heavy atom. The zero-order chi connectivity index (χ0) is 14.4. The highest BCUT2D eigenvalue weighted by Gasteiger charge is 2.16. The fourth-order valence-electron chi connectivity index (χ4n) is 2.22. The summed E-state index contributed by atoms with van der Waals surface area (Å²) in [4.78, 5) is 22.2. The molecule has 0 spiro atoms. The number of anilines is 2. The first-order chi connectivity index (χ1) is 9.69. The second kappa shape index (κ2) is 7.04. The van der Waals surface area contributed by atoms with Crippen molar-refractivity contribution in [3.05, 3.63) is 11.9 Å². The van der Waals surface area contributed by atoms with Crippen molar-refractivity contribution in [2.24, 2.45) is 0 Å². The van der Waals surface area contributed by atoms with Crippen LogP contribution < -0.4 is 11.1 Å². The number of rotatable bonds is 5. The van der Waals surface area contributed by atoms with Crippen LogP contribution in [0, 0.1) is 0 Å². The number of nitrogens with two attached hydrogens (primary N) is 1. The van der Waals surface area contributed by atoms with Crippen LogP contribution in [0.3, 0.4) is 0 Å². The van der Waals surface area contributed by atoms with Crippen LogP contribution in [0.15, 0.2) is 6.07 Å². The third-order valence-electron chi connectivity index (χ3n) is 3.20. The molecule has 7 nitrogen and oxygen atoms in total. The molecule has 1 amide bonds. The molecule has 0 aliphatic carbocycles. The van der Waals surface area contributed by atoms with E-state index in [1.807, 2.05) is 4.90 Å². The highest BCUT2D eigenvalue weighted by Crippen LogP contribution is 2.11. The maximum Gasteiger partial charge on any atom is 0.241 e. The second-order valence-corrected chi connectivity index (χ2v) is 4.82. The van der Waals surface area contributed by atoms with E-state index in [4.69, 9.17) is 10.5 Å². The second-order valence-electron chi connectivity index (χ2n) is 4.82. The Kier molecular flexibility index (Phi) is 5.11. The van der Waals surface area contributed by atoms with Crippen LogP contribution in [-0.2, 0) is 16.1 Å². The van der Waals surface area contributed by atoms with Gasteiger partial charge >= 0.3 is 0 Å². The lowest BCUT2D eigenvalue weighted by molar-refractivity contribution is -0.130. The van der Waals surface area contributed by atoms with Gasteiger partial charge in [0.05, 0.1) is 6.54 Å². The number of carbonyl (C=O) groups is 1. The molecule has 1 saturated heterocycles. The maximum atomic E-state index is 12.0. The Hall–Kier alpha value is -1.89. The summed E-state index contributed by atoms with van der Waals surface area (Å²) in [5.41, 5.74) is 5.70. The van der Waals surface area contributed by atoms with Gasteiger partial charge in [-0.2, -0.15) is 0 Å². The SMILES string of the molecule is COCc1nc(N)cc(NCC(=O)N2CCCCC2)n1. The number of hydrogen-bond acceptors (Lipinski definition) is 6. The van der Waals surface area contributed by atoms with Crippen molar-refractivity contribution in [3.8, 4) is 0 Å². The molecule has 0 bridgehead atoms. The van der Waals surface area contributed by atoms with Gasteiger partial charge in [0.2, 0.25) is 5.91 Å². The Morgan fingerprint density at radius 1 is 1.40 bits per heavy atom. The summed E-state index contributed by atoms with van der Waals surface area (Å²) in [6.07, 6.45) is 3.38. The van der Waals surface area contributed by atoms with E-state index in [-0.39, 0.29) is 12.5 Å². The predicted molar refractivity (Wildman–Crippen MR) is 76.1 cm³/mol. The van der Waals surface area contributed by atoms with Crippen molar-refractivity contribution in [2.45, 2.75) is 25.9 Å². The minimum absolute atomic E-state index is 0.0928. The van der Waals surface area contributed by atoms with Gasteiger partial charge in [-0.15, -0.1) is 0 Å². The fourth-order valence-corrected chi connectivity index (χ4v) is 2.22. The van der Waals surface area contributed by atoms with Gasteiger partial charge in [0.1, 0.15) is 18.2 Å². The number of hydrogen-bond donors (Lipinski definition) is 2. The van der Waals surface area contributed by atoms with E-state index >= 15 is 0 Å². The number of nitrogens with one attached hydrogen (secondary N) is 1. The first kappa shape index (κ1) is 14.5. The predicted octanol–water partition coefficient (Wildman–Crippen LogP) is 0.630. The average molecular weight is 279 g/mol. The van der Waals surface area contributed by atoms with Gasteiger partial charge in [0.25, 0.3) is 0 Å². The number of aromatic nitrogens is 2. The molecule has 2 rings (SSSR count). The van der Waals surface area contributed by atoms with Crippen molar-refractivity contribution in [1.82, 2.24) is 14.9 Å². The number of methoxy groups -OCH3 is 1. The zero-order valence-electron chi connectivity index (χ0n) is 11.8. The van der Waals surface area contributed by atoms with Gasteiger partial charge in [-0.05, 0) is 19.3 Å². The molecular formula is C13H21N5O2. The van der Waals surface area contributed by atoms with Gasteiger partial charge in [0, 0.05) is 26.3 Å². The molecule has 0 atom stereocenters. The van der Waals surface area contributed by atoms with Crippen LogP contribution in [0.1, 0.15) is 25.1 Å². The van der Waals surface area contributed by atoms with E-state index < -0.39 is 0 Å². The topological polar surface area (TPSA) is 93.4 Å². The molecule has 1 aromatic heterocycles. The standard InChI is InChI=1S/C13H21N5O2/c1-20-9-12-16-10(14)7-11(17-12)15-8-13(19)18-5-3-2-4-6-18/h7H,2-6,8-9H2,1H3,(H3,14,15,16,17). The largest absolute Gasteiger partial charge is 0.384 e. The van der Waals surface area contributed by atoms with E-state index in [0.29, 0.717) is 24.1 Å². The van der Waals surface area contributed by atoms with Crippen molar-refractivity contribution in [2.75, 3.05) is 37.8 Å². The Morgan fingerprint density at radius 3 is 2.85 bits per heavy atom. The number of amides is 1. The van der Waals surface area contributed by atoms with E-state index in [0.717, 1.165) is 25.9 Å². The highest BCUT2D eigenvalue weighted by molar-refractivity contribution is 5.80. The highest BCUT2D eigenvalue weighted by atomic mass is 16.5.